The smallest absolute Gasteiger partial charge is 0.276 e. The van der Waals surface area contributed by atoms with Gasteiger partial charge in [0.25, 0.3) is 10.8 Å². The van der Waals surface area contributed by atoms with Gasteiger partial charge in [-0.25, -0.2) is 9.97 Å². The zero-order chi connectivity index (χ0) is 18.1. The van der Waals surface area contributed by atoms with Gasteiger partial charge in [0.1, 0.15) is 5.65 Å². The van der Waals surface area contributed by atoms with E-state index in [-0.39, 0.29) is 5.56 Å². The minimum absolute atomic E-state index is 0.128. The predicted molar refractivity (Wildman–Crippen MR) is 103 cm³/mol. The topological polar surface area (TPSA) is 86.2 Å². The molecule has 0 fully saturated rings. The van der Waals surface area contributed by atoms with E-state index in [1.165, 1.54) is 22.2 Å². The highest BCUT2D eigenvalue weighted by atomic mass is 79.9. The van der Waals surface area contributed by atoms with Gasteiger partial charge in [0.15, 0.2) is 0 Å². The van der Waals surface area contributed by atoms with E-state index in [2.05, 4.69) is 36.1 Å². The maximum Gasteiger partial charge on any atom is 0.276 e. The van der Waals surface area contributed by atoms with Gasteiger partial charge in [0.2, 0.25) is 5.89 Å². The van der Waals surface area contributed by atoms with Crippen LogP contribution in [0.1, 0.15) is 22.3 Å². The Balaban J connectivity index is 1.46. The maximum atomic E-state index is 12.2. The number of aromatic nitrogens is 5. The van der Waals surface area contributed by atoms with Crippen LogP contribution < -0.4 is 5.56 Å². The van der Waals surface area contributed by atoms with Crippen LogP contribution in [0.25, 0.3) is 5.65 Å². The molecule has 0 unspecified atom stereocenters. The summed E-state index contributed by atoms with van der Waals surface area (Å²) in [5.74, 6) is 0.994. The minimum atomic E-state index is -0.128. The number of hydrogen-bond donors (Lipinski definition) is 0. The fourth-order valence-electron chi connectivity index (χ4n) is 2.35. The molecule has 7 nitrogen and oxygen atoms in total. The Morgan fingerprint density at radius 3 is 2.96 bits per heavy atom. The van der Waals surface area contributed by atoms with Gasteiger partial charge in [-0.1, -0.05) is 11.8 Å². The molecule has 4 heterocycles. The van der Waals surface area contributed by atoms with Crippen molar-refractivity contribution in [3.63, 3.8) is 0 Å². The number of fused-ring (bicyclic) bond motifs is 1. The molecule has 10 heteroatoms. The zero-order valence-corrected chi connectivity index (χ0v) is 16.8. The lowest BCUT2D eigenvalue weighted by molar-refractivity contribution is 0.419. The first-order valence-electron chi connectivity index (χ1n) is 7.61. The summed E-state index contributed by atoms with van der Waals surface area (Å²) in [4.78, 5) is 21.1. The molecule has 0 aliphatic rings. The Kier molecular flexibility index (Phi) is 4.88. The Morgan fingerprint density at radius 1 is 1.27 bits per heavy atom. The number of thiazole rings is 1. The Morgan fingerprint density at radius 2 is 2.15 bits per heavy atom. The Hall–Kier alpha value is -2.04. The summed E-state index contributed by atoms with van der Waals surface area (Å²) in [5, 5.41) is 11.5. The summed E-state index contributed by atoms with van der Waals surface area (Å²) in [7, 11) is 0. The average molecular weight is 450 g/mol. The number of rotatable bonds is 5. The highest BCUT2D eigenvalue weighted by molar-refractivity contribution is 9.10. The van der Waals surface area contributed by atoms with Crippen LogP contribution in [-0.4, -0.2) is 24.6 Å². The normalized spacial score (nSPS) is 11.3. The Bertz CT molecular complexity index is 1140. The number of halogens is 1. The van der Waals surface area contributed by atoms with E-state index in [0.717, 1.165) is 15.2 Å². The minimum Gasteiger partial charge on any atom is -0.416 e. The van der Waals surface area contributed by atoms with Gasteiger partial charge in [0.05, 0.1) is 22.8 Å². The predicted octanol–water partition coefficient (Wildman–Crippen LogP) is 3.49. The fourth-order valence-corrected chi connectivity index (χ4v) is 3.97. The molecule has 0 saturated carbocycles. The fraction of sp³-hybridized carbons (Fsp3) is 0.188. The standard InChI is InChI=1S/C16H12BrN5O2S2/c1-9-18-11(7-25-9)4-14-20-21-16(24-14)26-8-12-5-15(23)22-6-10(17)2-3-13(22)19-12/h2-3,5-7H,4,8H2,1H3. The number of nitrogens with zero attached hydrogens (tertiary/aromatic N) is 5. The summed E-state index contributed by atoms with van der Waals surface area (Å²) in [5.41, 5.74) is 2.05. The van der Waals surface area contributed by atoms with E-state index in [4.69, 9.17) is 4.42 Å². The van der Waals surface area contributed by atoms with Crippen LogP contribution in [0.4, 0.5) is 0 Å². The second kappa shape index (κ2) is 7.29. The lowest BCUT2D eigenvalue weighted by Gasteiger charge is -2.03. The van der Waals surface area contributed by atoms with Gasteiger partial charge in [0, 0.05) is 27.9 Å². The van der Waals surface area contributed by atoms with E-state index in [9.17, 15) is 4.79 Å². The second-order valence-corrected chi connectivity index (χ2v) is 8.35. The molecule has 26 heavy (non-hydrogen) atoms. The first-order valence-corrected chi connectivity index (χ1v) is 10.3. The second-order valence-electron chi connectivity index (χ2n) is 5.45. The van der Waals surface area contributed by atoms with Gasteiger partial charge >= 0.3 is 0 Å². The van der Waals surface area contributed by atoms with E-state index in [1.54, 1.807) is 23.6 Å². The molecular formula is C16H12BrN5O2S2. The molecule has 4 aromatic heterocycles. The van der Waals surface area contributed by atoms with Crippen LogP contribution in [0.3, 0.4) is 0 Å². The van der Waals surface area contributed by atoms with Gasteiger partial charge in [-0.3, -0.25) is 9.20 Å². The molecule has 0 radical (unpaired) electrons. The monoisotopic (exact) mass is 449 g/mol. The summed E-state index contributed by atoms with van der Waals surface area (Å²) >= 11 is 6.30. The van der Waals surface area contributed by atoms with Crippen LogP contribution in [0.15, 0.2) is 48.7 Å². The number of hydrogen-bond acceptors (Lipinski definition) is 8. The molecule has 0 aliphatic carbocycles. The number of pyridine rings is 1. The molecule has 0 aliphatic heterocycles. The molecule has 0 amide bonds. The first kappa shape index (κ1) is 17.4. The lowest BCUT2D eigenvalue weighted by atomic mass is 10.3. The van der Waals surface area contributed by atoms with Crippen LogP contribution >= 0.6 is 39.0 Å². The van der Waals surface area contributed by atoms with Crippen LogP contribution in [-0.2, 0) is 12.2 Å². The van der Waals surface area contributed by atoms with E-state index in [0.29, 0.717) is 34.6 Å². The molecule has 4 rings (SSSR count). The van der Waals surface area contributed by atoms with Crippen molar-refractivity contribution in [2.75, 3.05) is 0 Å². The van der Waals surface area contributed by atoms with Gasteiger partial charge < -0.3 is 4.42 Å². The van der Waals surface area contributed by atoms with E-state index >= 15 is 0 Å². The molecule has 4 aromatic rings. The van der Waals surface area contributed by atoms with Crippen molar-refractivity contribution in [2.24, 2.45) is 0 Å². The van der Waals surface area contributed by atoms with Gasteiger partial charge in [-0.15, -0.1) is 21.5 Å². The van der Waals surface area contributed by atoms with E-state index < -0.39 is 0 Å². The maximum absolute atomic E-state index is 12.2. The third kappa shape index (κ3) is 3.87. The molecule has 0 spiro atoms. The largest absolute Gasteiger partial charge is 0.416 e. The van der Waals surface area contributed by atoms with E-state index in [1.807, 2.05) is 18.4 Å². The van der Waals surface area contributed by atoms with Crippen LogP contribution in [0.5, 0.6) is 0 Å². The van der Waals surface area contributed by atoms with Crippen LogP contribution in [0, 0.1) is 6.92 Å². The number of aryl methyl sites for hydroxylation is 1. The average Bonchev–Trinajstić information content (AvgIpc) is 3.23. The van der Waals surface area contributed by atoms with Crippen molar-refractivity contribution in [2.45, 2.75) is 24.3 Å². The highest BCUT2D eigenvalue weighted by Crippen LogP contribution is 2.22. The van der Waals surface area contributed by atoms with Gasteiger partial charge in [-0.2, -0.15) is 0 Å². The van der Waals surface area contributed by atoms with Crippen molar-refractivity contribution < 1.29 is 4.42 Å². The molecule has 132 valence electrons. The van der Waals surface area contributed by atoms with Crippen molar-refractivity contribution in [1.82, 2.24) is 24.6 Å². The van der Waals surface area contributed by atoms with Crippen molar-refractivity contribution >= 4 is 44.7 Å². The first-order chi connectivity index (χ1) is 12.6. The summed E-state index contributed by atoms with van der Waals surface area (Å²) in [6.07, 6.45) is 2.22. The Labute approximate surface area is 164 Å². The van der Waals surface area contributed by atoms with Crippen LogP contribution in [0.2, 0.25) is 0 Å². The van der Waals surface area contributed by atoms with Crippen molar-refractivity contribution in [3.05, 3.63) is 66.9 Å². The molecule has 0 N–H and O–H groups in total. The third-order valence-corrected chi connectivity index (χ3v) is 5.61. The highest BCUT2D eigenvalue weighted by Gasteiger charge is 2.11. The molecular weight excluding hydrogens is 438 g/mol. The zero-order valence-electron chi connectivity index (χ0n) is 13.5. The summed E-state index contributed by atoms with van der Waals surface area (Å²) in [6.45, 7) is 1.96. The molecule has 0 saturated heterocycles. The van der Waals surface area contributed by atoms with Gasteiger partial charge in [-0.05, 0) is 35.0 Å². The number of thioether (sulfide) groups is 1. The molecule has 0 aromatic carbocycles. The lowest BCUT2D eigenvalue weighted by Crippen LogP contribution is -2.15. The van der Waals surface area contributed by atoms with Crippen molar-refractivity contribution in [1.29, 1.82) is 0 Å². The quantitative estimate of drug-likeness (QED) is 0.430. The summed E-state index contributed by atoms with van der Waals surface area (Å²) in [6, 6.07) is 5.16. The molecule has 0 bridgehead atoms. The van der Waals surface area contributed by atoms with Crippen molar-refractivity contribution in [3.8, 4) is 0 Å². The molecule has 0 atom stereocenters. The SMILES string of the molecule is Cc1nc(Cc2nnc(SCc3cc(=O)n4cc(Br)ccc4n3)o2)cs1. The summed E-state index contributed by atoms with van der Waals surface area (Å²) < 4.78 is 7.96. The third-order valence-electron chi connectivity index (χ3n) is 3.47.